The van der Waals surface area contributed by atoms with Crippen molar-refractivity contribution in [2.75, 3.05) is 53.4 Å². The summed E-state index contributed by atoms with van der Waals surface area (Å²) in [5.41, 5.74) is 0. The van der Waals surface area contributed by atoms with Crippen molar-refractivity contribution < 1.29 is 0 Å². The van der Waals surface area contributed by atoms with Crippen LogP contribution in [0.25, 0.3) is 0 Å². The Kier molecular flexibility index (Phi) is 9.82. The molecule has 0 aromatic carbocycles. The molecule has 27 heavy (non-hydrogen) atoms. The van der Waals surface area contributed by atoms with Gasteiger partial charge in [-0.05, 0) is 69.2 Å². The number of rotatable bonds is 6. The van der Waals surface area contributed by atoms with Gasteiger partial charge in [-0.25, -0.2) is 0 Å². The number of likely N-dealkylation sites (tertiary alicyclic amines) is 2. The first-order valence-electron chi connectivity index (χ1n) is 10.1. The lowest BCUT2D eigenvalue weighted by atomic mass is 9.88. The van der Waals surface area contributed by atoms with Gasteiger partial charge in [-0.3, -0.25) is 9.89 Å². The van der Waals surface area contributed by atoms with E-state index in [4.69, 9.17) is 0 Å². The Morgan fingerprint density at radius 1 is 1.26 bits per heavy atom. The molecular weight excluding hydrogens is 469 g/mol. The van der Waals surface area contributed by atoms with Gasteiger partial charge in [-0.1, -0.05) is 13.0 Å². The molecule has 3 rings (SSSR count). The Labute approximate surface area is 186 Å². The number of nitrogens with one attached hydrogen (secondary N) is 2. The highest BCUT2D eigenvalue weighted by Crippen LogP contribution is 2.36. The highest BCUT2D eigenvalue weighted by molar-refractivity contribution is 14.0. The zero-order valence-electron chi connectivity index (χ0n) is 17.0. The normalized spacial score (nSPS) is 27.4. The number of aliphatic imine (C=N–C) groups is 1. The molecule has 2 N–H and O–H groups in total. The molecule has 3 atom stereocenters. The Morgan fingerprint density at radius 3 is 2.74 bits per heavy atom. The quantitative estimate of drug-likeness (QED) is 0.354. The van der Waals surface area contributed by atoms with Crippen molar-refractivity contribution in [3.8, 4) is 0 Å². The molecule has 0 radical (unpaired) electrons. The Hall–Kier alpha value is -0.380. The molecule has 2 aliphatic heterocycles. The maximum Gasteiger partial charge on any atom is 0.190 e. The summed E-state index contributed by atoms with van der Waals surface area (Å²) in [5, 5.41) is 9.36. The van der Waals surface area contributed by atoms with Gasteiger partial charge in [0.25, 0.3) is 0 Å². The fraction of sp³-hybridized carbons (Fsp3) is 0.750. The predicted octanol–water partition coefficient (Wildman–Crippen LogP) is 3.26. The smallest absolute Gasteiger partial charge is 0.190 e. The van der Waals surface area contributed by atoms with E-state index in [1.54, 1.807) is 0 Å². The van der Waals surface area contributed by atoms with Crippen LogP contribution in [0.15, 0.2) is 22.5 Å². The third-order valence-electron chi connectivity index (χ3n) is 5.97. The van der Waals surface area contributed by atoms with Gasteiger partial charge >= 0.3 is 0 Å². The average molecular weight is 506 g/mol. The maximum atomic E-state index is 4.45. The van der Waals surface area contributed by atoms with Crippen molar-refractivity contribution in [1.29, 1.82) is 0 Å². The first-order chi connectivity index (χ1) is 12.7. The topological polar surface area (TPSA) is 42.9 Å². The second-order valence-electron chi connectivity index (χ2n) is 7.73. The molecule has 0 amide bonds. The van der Waals surface area contributed by atoms with Crippen molar-refractivity contribution in [3.63, 3.8) is 0 Å². The minimum Gasteiger partial charge on any atom is -0.356 e. The molecule has 1 aromatic rings. The summed E-state index contributed by atoms with van der Waals surface area (Å²) in [5.74, 6) is 2.33. The van der Waals surface area contributed by atoms with Gasteiger partial charge < -0.3 is 15.5 Å². The molecule has 5 nitrogen and oxygen atoms in total. The van der Waals surface area contributed by atoms with Crippen LogP contribution in [0.3, 0.4) is 0 Å². The first kappa shape index (κ1) is 22.9. The summed E-state index contributed by atoms with van der Waals surface area (Å²) in [4.78, 5) is 11.0. The number of thiophene rings is 1. The third kappa shape index (κ3) is 6.30. The molecule has 2 aliphatic rings. The van der Waals surface area contributed by atoms with Gasteiger partial charge in [0.1, 0.15) is 0 Å². The van der Waals surface area contributed by atoms with Crippen LogP contribution in [0.5, 0.6) is 0 Å². The van der Waals surface area contributed by atoms with Crippen LogP contribution in [-0.2, 0) is 0 Å². The number of nitrogens with zero attached hydrogens (tertiary/aromatic N) is 3. The van der Waals surface area contributed by atoms with Gasteiger partial charge in [-0.2, -0.15) is 0 Å². The zero-order valence-corrected chi connectivity index (χ0v) is 20.1. The Bertz CT molecular complexity index is 565. The number of guanidine groups is 1. The Balaban J connectivity index is 0.00000261. The molecule has 3 unspecified atom stereocenters. The number of hydrogen-bond acceptors (Lipinski definition) is 4. The summed E-state index contributed by atoms with van der Waals surface area (Å²) in [7, 11) is 4.15. The number of hydrogen-bond donors (Lipinski definition) is 2. The second kappa shape index (κ2) is 11.6. The van der Waals surface area contributed by atoms with E-state index < -0.39 is 0 Å². The molecule has 0 saturated carbocycles. The van der Waals surface area contributed by atoms with Crippen molar-refractivity contribution in [2.24, 2.45) is 16.8 Å². The molecule has 0 aliphatic carbocycles. The van der Waals surface area contributed by atoms with E-state index in [9.17, 15) is 0 Å². The van der Waals surface area contributed by atoms with E-state index in [-0.39, 0.29) is 24.0 Å². The van der Waals surface area contributed by atoms with E-state index in [1.807, 2.05) is 18.4 Å². The van der Waals surface area contributed by atoms with Gasteiger partial charge in [0.15, 0.2) is 5.96 Å². The van der Waals surface area contributed by atoms with Gasteiger partial charge in [0.2, 0.25) is 0 Å². The van der Waals surface area contributed by atoms with Crippen molar-refractivity contribution in [3.05, 3.63) is 22.4 Å². The van der Waals surface area contributed by atoms with Crippen LogP contribution < -0.4 is 10.6 Å². The first-order valence-corrected chi connectivity index (χ1v) is 11.0. The SMILES string of the molecule is CCN1CCC(CNC(=NC)NCC2CCCN(C)C2c2cccs2)C1.I. The lowest BCUT2D eigenvalue weighted by Crippen LogP contribution is -2.45. The third-order valence-corrected chi connectivity index (χ3v) is 6.92. The Morgan fingerprint density at radius 2 is 2.07 bits per heavy atom. The number of piperidine rings is 1. The van der Waals surface area contributed by atoms with Crippen LogP contribution >= 0.6 is 35.3 Å². The molecular formula is C20H36IN5S. The van der Waals surface area contributed by atoms with Crippen LogP contribution in [0, 0.1) is 11.8 Å². The van der Waals surface area contributed by atoms with E-state index in [2.05, 4.69) is 56.9 Å². The van der Waals surface area contributed by atoms with Crippen LogP contribution in [0.4, 0.5) is 0 Å². The van der Waals surface area contributed by atoms with Crippen LogP contribution in [0.2, 0.25) is 0 Å². The molecule has 2 fully saturated rings. The lowest BCUT2D eigenvalue weighted by Gasteiger charge is -2.39. The summed E-state index contributed by atoms with van der Waals surface area (Å²) in [6.07, 6.45) is 3.86. The minimum atomic E-state index is 0. The van der Waals surface area contributed by atoms with Crippen LogP contribution in [0.1, 0.15) is 37.1 Å². The zero-order chi connectivity index (χ0) is 18.4. The fourth-order valence-electron chi connectivity index (χ4n) is 4.44. The summed E-state index contributed by atoms with van der Waals surface area (Å²) in [6, 6.07) is 4.99. The van der Waals surface area contributed by atoms with Gasteiger partial charge in [0.05, 0.1) is 0 Å². The summed E-state index contributed by atoms with van der Waals surface area (Å²) < 4.78 is 0. The lowest BCUT2D eigenvalue weighted by molar-refractivity contribution is 0.125. The van der Waals surface area contributed by atoms with Crippen molar-refractivity contribution >= 4 is 41.3 Å². The monoisotopic (exact) mass is 505 g/mol. The highest BCUT2D eigenvalue weighted by Gasteiger charge is 2.31. The molecule has 154 valence electrons. The highest BCUT2D eigenvalue weighted by atomic mass is 127. The van der Waals surface area contributed by atoms with E-state index in [1.165, 1.54) is 50.3 Å². The van der Waals surface area contributed by atoms with Crippen LogP contribution in [-0.4, -0.2) is 69.1 Å². The molecule has 2 saturated heterocycles. The average Bonchev–Trinajstić information content (AvgIpc) is 3.33. The standard InChI is InChI=1S/C20H35N5S.HI/c1-4-25-11-9-16(15-25)13-22-20(21-2)23-14-17-7-5-10-24(3)19(17)18-8-6-12-26-18;/h6,8,12,16-17,19H,4-5,7,9-11,13-15H2,1-3H3,(H2,21,22,23);1H. The fourth-order valence-corrected chi connectivity index (χ4v) is 5.42. The van der Waals surface area contributed by atoms with E-state index in [0.717, 1.165) is 25.0 Å². The predicted molar refractivity (Wildman–Crippen MR) is 127 cm³/mol. The number of halogens is 1. The maximum absolute atomic E-state index is 4.45. The van der Waals surface area contributed by atoms with Crippen molar-refractivity contribution in [2.45, 2.75) is 32.2 Å². The second-order valence-corrected chi connectivity index (χ2v) is 8.70. The molecule has 0 spiro atoms. The summed E-state index contributed by atoms with van der Waals surface area (Å²) in [6.45, 7) is 9.08. The molecule has 0 bridgehead atoms. The van der Waals surface area contributed by atoms with Gasteiger partial charge in [-0.15, -0.1) is 35.3 Å². The molecule has 3 heterocycles. The van der Waals surface area contributed by atoms with Gasteiger partial charge in [0, 0.05) is 37.6 Å². The largest absolute Gasteiger partial charge is 0.356 e. The van der Waals surface area contributed by atoms with E-state index >= 15 is 0 Å². The summed E-state index contributed by atoms with van der Waals surface area (Å²) >= 11 is 1.89. The molecule has 1 aromatic heterocycles. The molecule has 7 heteroatoms. The van der Waals surface area contributed by atoms with E-state index in [0.29, 0.717) is 12.0 Å². The minimum absolute atomic E-state index is 0. The van der Waals surface area contributed by atoms with Crippen molar-refractivity contribution in [1.82, 2.24) is 20.4 Å².